The Morgan fingerprint density at radius 1 is 0.818 bits per heavy atom. The van der Waals surface area contributed by atoms with Gasteiger partial charge in [0.15, 0.2) is 5.71 Å². The smallest absolute Gasteiger partial charge is 0.333 e. The fraction of sp³-hybridized carbons (Fsp3) is 0.450. The monoisotopic (exact) mass is 794 g/mol. The van der Waals surface area contributed by atoms with E-state index in [4.69, 9.17) is 4.84 Å². The van der Waals surface area contributed by atoms with E-state index in [0.29, 0.717) is 37.4 Å². The number of nitrogens with zero attached hydrogens (tertiary/aromatic N) is 3. The van der Waals surface area contributed by atoms with Crippen LogP contribution in [0.25, 0.3) is 0 Å². The van der Waals surface area contributed by atoms with Crippen LogP contribution in [0, 0.1) is 0 Å². The molecule has 0 saturated carbocycles. The number of imide groups is 1. The van der Waals surface area contributed by atoms with E-state index in [1.807, 2.05) is 78.9 Å². The van der Waals surface area contributed by atoms with E-state index < -0.39 is 54.9 Å². The summed E-state index contributed by atoms with van der Waals surface area (Å²) >= 11 is 0. The summed E-state index contributed by atoms with van der Waals surface area (Å²) in [7, 11) is -8.76. The topological polar surface area (TPSA) is 184 Å². The highest BCUT2D eigenvalue weighted by molar-refractivity contribution is 7.85. The molecule has 1 unspecified atom stereocenters. The normalized spacial score (nSPS) is 20.4. The zero-order chi connectivity index (χ0) is 40.0. The summed E-state index contributed by atoms with van der Waals surface area (Å²) in [4.78, 5) is 43.0. The Morgan fingerprint density at radius 3 is 2.15 bits per heavy atom. The first kappa shape index (κ1) is 41.7. The van der Waals surface area contributed by atoms with Crippen molar-refractivity contribution in [3.63, 3.8) is 0 Å². The molecule has 0 bridgehead atoms. The molecule has 13 nitrogen and oxygen atoms in total. The van der Waals surface area contributed by atoms with Crippen molar-refractivity contribution < 1.29 is 49.7 Å². The fourth-order valence-corrected chi connectivity index (χ4v) is 8.75. The van der Waals surface area contributed by atoms with Crippen LogP contribution in [0.3, 0.4) is 0 Å². The van der Waals surface area contributed by atoms with Crippen LogP contribution in [0.4, 0.5) is 11.4 Å². The summed E-state index contributed by atoms with van der Waals surface area (Å²) in [5, 5.41) is 0.555. The van der Waals surface area contributed by atoms with Gasteiger partial charge < -0.3 is 18.8 Å². The van der Waals surface area contributed by atoms with Crippen molar-refractivity contribution in [1.29, 1.82) is 0 Å². The number of anilines is 1. The number of fused-ring (bicyclic) bond motifs is 2. The lowest BCUT2D eigenvalue weighted by atomic mass is 9.77. The lowest BCUT2D eigenvalue weighted by Gasteiger charge is -2.30. The molecule has 2 aromatic carbocycles. The van der Waals surface area contributed by atoms with Gasteiger partial charge in [0.05, 0.1) is 25.7 Å². The third-order valence-electron chi connectivity index (χ3n) is 10.5. The summed E-state index contributed by atoms with van der Waals surface area (Å²) in [5.41, 5.74) is 5.02. The highest BCUT2D eigenvalue weighted by atomic mass is 32.2. The standard InChI is InChI=1S/C40H49N3O10S2/c1-39(2)30-16-9-11-18-32(30)41(26-14-28-54(47,48)49)34(39)20-6-4-7-21-35-40(3,25-13-5-8-22-38(46)53-43-36(44)23-24-37(43)45)31-17-10-12-19-33(31)42(35)27-15-29-55(50,51)52/h4,6-7,9-12,16-21H,5,8,13-15,22-29H2,1-3H3,(H-,47,48,49,50,51,52)/p-1. The van der Waals surface area contributed by atoms with Crippen molar-refractivity contribution in [1.82, 2.24) is 5.06 Å². The van der Waals surface area contributed by atoms with Gasteiger partial charge in [0.2, 0.25) is 5.69 Å². The number of rotatable bonds is 18. The van der Waals surface area contributed by atoms with Gasteiger partial charge in [0, 0.05) is 78.2 Å². The molecule has 0 N–H and O–H groups in total. The van der Waals surface area contributed by atoms with Crippen molar-refractivity contribution in [3.8, 4) is 0 Å². The first-order valence-corrected chi connectivity index (χ1v) is 21.7. The van der Waals surface area contributed by atoms with Crippen LogP contribution in [-0.4, -0.2) is 83.7 Å². The number of para-hydroxylation sites is 2. The Bertz CT molecular complexity index is 2140. The Kier molecular flexibility index (Phi) is 13.0. The SMILES string of the molecule is CC1(C)C(/C=C/C=C/C=C2\N(CCCS(=O)(=O)[O-])c3ccccc3C2(C)CCCCCC(=O)ON2C(=O)CCC2=O)=[N+](CCCS(=O)(=O)[O-])c2ccccc21. The van der Waals surface area contributed by atoms with Gasteiger partial charge in [-0.2, -0.15) is 4.58 Å². The molecule has 3 heterocycles. The second kappa shape index (κ2) is 17.1. The molecule has 0 aromatic heterocycles. The van der Waals surface area contributed by atoms with E-state index >= 15 is 0 Å². The molecule has 3 aliphatic heterocycles. The van der Waals surface area contributed by atoms with Crippen LogP contribution in [-0.2, 0) is 50.3 Å². The number of benzene rings is 2. The summed E-state index contributed by atoms with van der Waals surface area (Å²) in [6, 6.07) is 15.8. The molecule has 296 valence electrons. The molecule has 0 spiro atoms. The van der Waals surface area contributed by atoms with E-state index in [1.54, 1.807) is 0 Å². The van der Waals surface area contributed by atoms with E-state index in [0.717, 1.165) is 40.3 Å². The summed E-state index contributed by atoms with van der Waals surface area (Å²) in [6.07, 6.45) is 12.7. The number of hydroxylamine groups is 2. The van der Waals surface area contributed by atoms with Crippen LogP contribution in [0.15, 0.2) is 84.6 Å². The second-order valence-corrected chi connectivity index (χ2v) is 17.9. The number of unbranched alkanes of at least 4 members (excludes halogenated alkanes) is 2. The Hall–Kier alpha value is -4.44. The Balaban J connectivity index is 1.36. The first-order valence-electron chi connectivity index (χ1n) is 18.5. The van der Waals surface area contributed by atoms with Crippen molar-refractivity contribution in [3.05, 3.63) is 95.7 Å². The van der Waals surface area contributed by atoms with Gasteiger partial charge in [0.1, 0.15) is 6.54 Å². The number of hydrogen-bond acceptors (Lipinski definition) is 11. The van der Waals surface area contributed by atoms with Gasteiger partial charge in [-0.15, -0.1) is 5.06 Å². The van der Waals surface area contributed by atoms with E-state index in [2.05, 4.69) is 30.2 Å². The third-order valence-corrected chi connectivity index (χ3v) is 12.1. The number of amides is 2. The van der Waals surface area contributed by atoms with Gasteiger partial charge in [0.25, 0.3) is 11.8 Å². The molecule has 55 heavy (non-hydrogen) atoms. The molecule has 2 amide bonds. The summed E-state index contributed by atoms with van der Waals surface area (Å²) in [5.74, 6) is -2.63. The van der Waals surface area contributed by atoms with Crippen molar-refractivity contribution in [2.75, 3.05) is 29.5 Å². The maximum atomic E-state index is 12.4. The van der Waals surface area contributed by atoms with Gasteiger partial charge in [-0.05, 0) is 57.7 Å². The number of carbonyl (C=O) groups excluding carboxylic acids is 3. The average Bonchev–Trinajstić information content (AvgIpc) is 3.63. The number of allylic oxidation sites excluding steroid dienone is 6. The third kappa shape index (κ3) is 10.1. The predicted octanol–water partition coefficient (Wildman–Crippen LogP) is 5.27. The minimum atomic E-state index is -4.41. The molecule has 5 rings (SSSR count). The van der Waals surface area contributed by atoms with Crippen molar-refractivity contribution >= 4 is 55.1 Å². The highest BCUT2D eigenvalue weighted by Gasteiger charge is 2.44. The lowest BCUT2D eigenvalue weighted by Crippen LogP contribution is -2.32. The van der Waals surface area contributed by atoms with Crippen LogP contribution < -0.4 is 4.90 Å². The molecule has 3 aliphatic rings. The predicted molar refractivity (Wildman–Crippen MR) is 205 cm³/mol. The van der Waals surface area contributed by atoms with E-state index in [9.17, 15) is 40.3 Å². The first-order chi connectivity index (χ1) is 25.9. The van der Waals surface area contributed by atoms with Gasteiger partial charge >= 0.3 is 5.97 Å². The lowest BCUT2D eigenvalue weighted by molar-refractivity contribution is -0.437. The maximum Gasteiger partial charge on any atom is 0.333 e. The van der Waals surface area contributed by atoms with Crippen LogP contribution in [0.1, 0.15) is 89.7 Å². The van der Waals surface area contributed by atoms with Crippen LogP contribution in [0.5, 0.6) is 0 Å². The minimum Gasteiger partial charge on any atom is -0.748 e. The van der Waals surface area contributed by atoms with Crippen molar-refractivity contribution in [2.45, 2.75) is 89.4 Å². The zero-order valence-corrected chi connectivity index (χ0v) is 33.1. The minimum absolute atomic E-state index is 0.0303. The quantitative estimate of drug-likeness (QED) is 0.0630. The molecule has 1 fully saturated rings. The molecular formula is C40H48N3O10S2-. The Morgan fingerprint density at radius 2 is 1.45 bits per heavy atom. The zero-order valence-electron chi connectivity index (χ0n) is 31.4. The fourth-order valence-electron chi connectivity index (χ4n) is 7.79. The van der Waals surface area contributed by atoms with Crippen LogP contribution >= 0.6 is 0 Å². The van der Waals surface area contributed by atoms with E-state index in [1.165, 1.54) is 0 Å². The van der Waals surface area contributed by atoms with Crippen molar-refractivity contribution in [2.24, 2.45) is 0 Å². The number of carbonyl (C=O) groups is 3. The second-order valence-electron chi connectivity index (χ2n) is 14.8. The molecule has 0 aliphatic carbocycles. The summed E-state index contributed by atoms with van der Waals surface area (Å²) < 4.78 is 70.6. The molecule has 0 radical (unpaired) electrons. The maximum absolute atomic E-state index is 12.4. The molecule has 1 atom stereocenters. The largest absolute Gasteiger partial charge is 0.748 e. The molecular weight excluding hydrogens is 747 g/mol. The summed E-state index contributed by atoms with van der Waals surface area (Å²) in [6.45, 7) is 6.99. The molecule has 1 saturated heterocycles. The number of hydrogen-bond donors (Lipinski definition) is 0. The van der Waals surface area contributed by atoms with Gasteiger partial charge in [-0.1, -0.05) is 67.5 Å². The van der Waals surface area contributed by atoms with Gasteiger partial charge in [-0.3, -0.25) is 9.59 Å². The van der Waals surface area contributed by atoms with Crippen LogP contribution in [0.2, 0.25) is 0 Å². The molecule has 2 aromatic rings. The van der Waals surface area contributed by atoms with Gasteiger partial charge in [-0.25, -0.2) is 21.6 Å². The van der Waals surface area contributed by atoms with E-state index in [-0.39, 0.29) is 37.5 Å². The molecule has 15 heteroatoms. The highest BCUT2D eigenvalue weighted by Crippen LogP contribution is 2.50. The average molecular weight is 795 g/mol. The Labute approximate surface area is 323 Å².